The Bertz CT molecular complexity index is 581. The third-order valence-electron chi connectivity index (χ3n) is 4.09. The average Bonchev–Trinajstić information content (AvgIpc) is 2.49. The van der Waals surface area contributed by atoms with Crippen LogP contribution in [0, 0.1) is 25.7 Å². The highest BCUT2D eigenvalue weighted by atomic mass is 16.2. The third kappa shape index (κ3) is 7.56. The largest absolute Gasteiger partial charge is 0.341 e. The molecule has 1 rings (SSSR count). The van der Waals surface area contributed by atoms with Crippen LogP contribution in [0.15, 0.2) is 18.2 Å². The maximum absolute atomic E-state index is 12.6. The van der Waals surface area contributed by atoms with Gasteiger partial charge in [0.1, 0.15) is 0 Å². The van der Waals surface area contributed by atoms with E-state index in [1.54, 1.807) is 4.90 Å². The highest BCUT2D eigenvalue weighted by Gasteiger charge is 2.19. The number of hydrogen-bond donors (Lipinski definition) is 1. The fourth-order valence-corrected chi connectivity index (χ4v) is 2.98. The fraction of sp³-hybridized carbons (Fsp3) is 0.619. The van der Waals surface area contributed by atoms with Crippen LogP contribution in [-0.4, -0.2) is 54.8 Å². The van der Waals surface area contributed by atoms with Gasteiger partial charge in [-0.1, -0.05) is 45.9 Å². The smallest absolute Gasteiger partial charge is 0.238 e. The van der Waals surface area contributed by atoms with Crippen LogP contribution < -0.4 is 5.32 Å². The van der Waals surface area contributed by atoms with Gasteiger partial charge >= 0.3 is 0 Å². The van der Waals surface area contributed by atoms with Crippen molar-refractivity contribution < 1.29 is 9.59 Å². The molecule has 0 fully saturated rings. The van der Waals surface area contributed by atoms with E-state index in [9.17, 15) is 9.59 Å². The second-order valence-corrected chi connectivity index (χ2v) is 8.07. The lowest BCUT2D eigenvalue weighted by Gasteiger charge is -2.28. The van der Waals surface area contributed by atoms with Crippen LogP contribution in [0.5, 0.6) is 0 Å². The van der Waals surface area contributed by atoms with E-state index in [0.29, 0.717) is 11.8 Å². The van der Waals surface area contributed by atoms with Crippen molar-refractivity contribution in [1.29, 1.82) is 0 Å². The second-order valence-electron chi connectivity index (χ2n) is 8.07. The van der Waals surface area contributed by atoms with Crippen molar-refractivity contribution in [3.63, 3.8) is 0 Å². The number of carbonyl (C=O) groups is 2. The molecule has 0 bridgehead atoms. The zero-order valence-corrected chi connectivity index (χ0v) is 17.4. The monoisotopic (exact) mass is 361 g/mol. The third-order valence-corrected chi connectivity index (χ3v) is 4.09. The molecule has 0 radical (unpaired) electrons. The van der Waals surface area contributed by atoms with E-state index in [1.165, 1.54) is 0 Å². The maximum atomic E-state index is 12.6. The van der Waals surface area contributed by atoms with Gasteiger partial charge in [0.25, 0.3) is 0 Å². The summed E-state index contributed by atoms with van der Waals surface area (Å²) in [5.74, 6) is 0.831. The highest BCUT2D eigenvalue weighted by Crippen LogP contribution is 2.19. The van der Waals surface area contributed by atoms with E-state index < -0.39 is 0 Å². The van der Waals surface area contributed by atoms with Gasteiger partial charge in [-0.05, 0) is 43.9 Å². The maximum Gasteiger partial charge on any atom is 0.238 e. The second kappa shape index (κ2) is 10.3. The minimum atomic E-state index is -0.100. The Balaban J connectivity index is 2.61. The van der Waals surface area contributed by atoms with E-state index in [1.807, 2.05) is 44.0 Å². The molecule has 0 atom stereocenters. The van der Waals surface area contributed by atoms with E-state index >= 15 is 0 Å². The highest BCUT2D eigenvalue weighted by molar-refractivity contribution is 5.94. The topological polar surface area (TPSA) is 52.7 Å². The number of nitrogens with one attached hydrogen (secondary N) is 1. The molecule has 5 nitrogen and oxygen atoms in total. The van der Waals surface area contributed by atoms with Crippen molar-refractivity contribution in [3.8, 4) is 0 Å². The molecule has 0 saturated heterocycles. The molecule has 1 aromatic carbocycles. The summed E-state index contributed by atoms with van der Waals surface area (Å²) in [6.07, 6.45) is 0. The standard InChI is InChI=1S/C21H35N3O2/c1-15(2)11-24(12-16(3)4)20(26)14-23(7)13-19(25)22-21-17(5)9-8-10-18(21)6/h8-10,15-16H,11-14H2,1-7H3,(H,22,25). The zero-order valence-electron chi connectivity index (χ0n) is 17.4. The van der Waals surface area contributed by atoms with Crippen LogP contribution in [-0.2, 0) is 9.59 Å². The number of para-hydroxylation sites is 1. The van der Waals surface area contributed by atoms with E-state index in [2.05, 4.69) is 33.0 Å². The molecule has 1 aromatic rings. The first-order valence-electron chi connectivity index (χ1n) is 9.42. The van der Waals surface area contributed by atoms with Gasteiger partial charge in [0.05, 0.1) is 13.1 Å². The van der Waals surface area contributed by atoms with Crippen LogP contribution in [0.25, 0.3) is 0 Å². The number of hydrogen-bond acceptors (Lipinski definition) is 3. The molecular weight excluding hydrogens is 326 g/mol. The first-order chi connectivity index (χ1) is 12.1. The lowest BCUT2D eigenvalue weighted by Crippen LogP contribution is -2.44. The van der Waals surface area contributed by atoms with Crippen LogP contribution in [0.2, 0.25) is 0 Å². The van der Waals surface area contributed by atoms with Gasteiger partial charge in [-0.25, -0.2) is 0 Å². The Morgan fingerprint density at radius 2 is 1.46 bits per heavy atom. The number of benzene rings is 1. The number of likely N-dealkylation sites (N-methyl/N-ethyl adjacent to an activating group) is 1. The van der Waals surface area contributed by atoms with Crippen molar-refractivity contribution in [1.82, 2.24) is 9.80 Å². The Morgan fingerprint density at radius 3 is 1.92 bits per heavy atom. The molecule has 0 aromatic heterocycles. The molecular formula is C21H35N3O2. The van der Waals surface area contributed by atoms with Gasteiger partial charge in [0.15, 0.2) is 0 Å². The lowest BCUT2D eigenvalue weighted by molar-refractivity contribution is -0.133. The Labute approximate surface area is 158 Å². The van der Waals surface area contributed by atoms with Crippen LogP contribution in [0.1, 0.15) is 38.8 Å². The summed E-state index contributed by atoms with van der Waals surface area (Å²) in [7, 11) is 1.81. The summed E-state index contributed by atoms with van der Waals surface area (Å²) >= 11 is 0. The van der Waals surface area contributed by atoms with Gasteiger partial charge in [0, 0.05) is 18.8 Å². The Morgan fingerprint density at radius 1 is 0.962 bits per heavy atom. The van der Waals surface area contributed by atoms with Gasteiger partial charge in [-0.15, -0.1) is 0 Å². The predicted octanol–water partition coefficient (Wildman–Crippen LogP) is 3.31. The van der Waals surface area contributed by atoms with Gasteiger partial charge in [-0.3, -0.25) is 14.5 Å². The molecule has 26 heavy (non-hydrogen) atoms. The number of anilines is 1. The summed E-state index contributed by atoms with van der Waals surface area (Å²) in [6, 6.07) is 5.93. The Hall–Kier alpha value is -1.88. The molecule has 146 valence electrons. The van der Waals surface area contributed by atoms with Crippen molar-refractivity contribution in [2.75, 3.05) is 38.5 Å². The molecule has 0 aliphatic rings. The van der Waals surface area contributed by atoms with Crippen LogP contribution >= 0.6 is 0 Å². The van der Waals surface area contributed by atoms with Crippen molar-refractivity contribution in [2.24, 2.45) is 11.8 Å². The number of aryl methyl sites for hydroxylation is 2. The van der Waals surface area contributed by atoms with Gasteiger partial charge in [0.2, 0.25) is 11.8 Å². The fourth-order valence-electron chi connectivity index (χ4n) is 2.98. The Kier molecular flexibility index (Phi) is 8.79. The SMILES string of the molecule is Cc1cccc(C)c1NC(=O)CN(C)CC(=O)N(CC(C)C)CC(C)C. The quantitative estimate of drug-likeness (QED) is 0.734. The summed E-state index contributed by atoms with van der Waals surface area (Å²) in [4.78, 5) is 28.7. The van der Waals surface area contributed by atoms with Crippen molar-refractivity contribution in [3.05, 3.63) is 29.3 Å². The van der Waals surface area contributed by atoms with E-state index in [0.717, 1.165) is 29.9 Å². The molecule has 0 aliphatic carbocycles. The van der Waals surface area contributed by atoms with E-state index in [-0.39, 0.29) is 24.9 Å². The summed E-state index contributed by atoms with van der Waals surface area (Å²) in [5.41, 5.74) is 2.94. The van der Waals surface area contributed by atoms with E-state index in [4.69, 9.17) is 0 Å². The zero-order chi connectivity index (χ0) is 19.9. The number of amides is 2. The van der Waals surface area contributed by atoms with Crippen LogP contribution in [0.3, 0.4) is 0 Å². The summed E-state index contributed by atoms with van der Waals surface area (Å²) < 4.78 is 0. The molecule has 0 aliphatic heterocycles. The summed E-state index contributed by atoms with van der Waals surface area (Å²) in [6.45, 7) is 14.3. The van der Waals surface area contributed by atoms with Gasteiger partial charge in [-0.2, -0.15) is 0 Å². The molecule has 0 spiro atoms. The van der Waals surface area contributed by atoms with Gasteiger partial charge < -0.3 is 10.2 Å². The predicted molar refractivity (Wildman–Crippen MR) is 108 cm³/mol. The van der Waals surface area contributed by atoms with Crippen molar-refractivity contribution >= 4 is 17.5 Å². The number of carbonyl (C=O) groups excluding carboxylic acids is 2. The lowest BCUT2D eigenvalue weighted by atomic mass is 10.1. The summed E-state index contributed by atoms with van der Waals surface area (Å²) in [5, 5.41) is 2.97. The molecule has 5 heteroatoms. The normalized spacial score (nSPS) is 11.3. The molecule has 0 saturated carbocycles. The van der Waals surface area contributed by atoms with Crippen LogP contribution in [0.4, 0.5) is 5.69 Å². The first-order valence-corrected chi connectivity index (χ1v) is 9.42. The number of nitrogens with zero attached hydrogens (tertiary/aromatic N) is 2. The molecule has 0 heterocycles. The first kappa shape index (κ1) is 22.2. The molecule has 2 amide bonds. The van der Waals surface area contributed by atoms with Crippen molar-refractivity contribution in [2.45, 2.75) is 41.5 Å². The average molecular weight is 362 g/mol. The minimum Gasteiger partial charge on any atom is -0.341 e. The molecule has 0 unspecified atom stereocenters. The minimum absolute atomic E-state index is 0.0785. The molecule has 1 N–H and O–H groups in total. The number of rotatable bonds is 9.